The molecule has 1 aromatic heterocycles. The lowest BCUT2D eigenvalue weighted by atomic mass is 10.1. The summed E-state index contributed by atoms with van der Waals surface area (Å²) in [7, 11) is -3.75. The summed E-state index contributed by atoms with van der Waals surface area (Å²) >= 11 is 0. The largest absolute Gasteiger partial charge is 0.397 e. The maximum atomic E-state index is 12.4. The number of nitrogen functional groups attached to an aromatic ring is 1. The van der Waals surface area contributed by atoms with Gasteiger partial charge in [0.25, 0.3) is 10.0 Å². The number of H-pyrrole nitrogens is 1. The van der Waals surface area contributed by atoms with Gasteiger partial charge in [0.1, 0.15) is 4.90 Å². The van der Waals surface area contributed by atoms with E-state index in [1.54, 1.807) is 32.0 Å². The number of aryl methyl sites for hydroxylation is 3. The molecule has 2 rings (SSSR count). The topological polar surface area (TPSA) is 101 Å². The molecule has 0 aliphatic carbocycles. The highest BCUT2D eigenvalue weighted by atomic mass is 32.2. The van der Waals surface area contributed by atoms with Crippen molar-refractivity contribution in [3.05, 3.63) is 35.0 Å². The number of anilines is 2. The molecule has 0 fully saturated rings. The highest BCUT2D eigenvalue weighted by molar-refractivity contribution is 7.93. The number of sulfonamides is 1. The van der Waals surface area contributed by atoms with Crippen LogP contribution in [0.4, 0.5) is 11.5 Å². The van der Waals surface area contributed by atoms with Crippen molar-refractivity contribution in [1.29, 1.82) is 0 Å². The molecule has 7 heteroatoms. The molecule has 0 spiro atoms. The Kier molecular flexibility index (Phi) is 3.71. The fourth-order valence-corrected chi connectivity index (χ4v) is 3.37. The molecule has 0 saturated heterocycles. The number of aromatic nitrogens is 2. The first-order valence-electron chi connectivity index (χ1n) is 6.28. The van der Waals surface area contributed by atoms with Crippen molar-refractivity contribution in [1.82, 2.24) is 10.2 Å². The molecule has 0 atom stereocenters. The third-order valence-corrected chi connectivity index (χ3v) is 4.69. The van der Waals surface area contributed by atoms with E-state index in [9.17, 15) is 8.42 Å². The van der Waals surface area contributed by atoms with Crippen LogP contribution in [-0.2, 0) is 16.4 Å². The number of nitrogens with two attached hydrogens (primary N) is 1. The van der Waals surface area contributed by atoms with Gasteiger partial charge in [0.2, 0.25) is 0 Å². The zero-order valence-corrected chi connectivity index (χ0v) is 12.5. The Hall–Kier alpha value is -2.02. The van der Waals surface area contributed by atoms with E-state index in [2.05, 4.69) is 14.9 Å². The van der Waals surface area contributed by atoms with Gasteiger partial charge >= 0.3 is 0 Å². The van der Waals surface area contributed by atoms with Gasteiger partial charge in [-0.3, -0.25) is 9.82 Å². The van der Waals surface area contributed by atoms with Crippen molar-refractivity contribution >= 4 is 21.5 Å². The van der Waals surface area contributed by atoms with Gasteiger partial charge in [-0.15, -0.1) is 0 Å². The molecule has 1 aromatic carbocycles. The first-order valence-corrected chi connectivity index (χ1v) is 7.76. The average molecular weight is 294 g/mol. The number of nitrogens with zero attached hydrogens (tertiary/aromatic N) is 1. The molecule has 4 N–H and O–H groups in total. The summed E-state index contributed by atoms with van der Waals surface area (Å²) in [6.07, 6.45) is 0.750. The minimum atomic E-state index is -3.75. The van der Waals surface area contributed by atoms with Crippen LogP contribution in [0.5, 0.6) is 0 Å². The van der Waals surface area contributed by atoms with Crippen molar-refractivity contribution < 1.29 is 8.42 Å². The molecule has 1 heterocycles. The summed E-state index contributed by atoms with van der Waals surface area (Å²) in [6.45, 7) is 5.44. The lowest BCUT2D eigenvalue weighted by Gasteiger charge is -2.12. The van der Waals surface area contributed by atoms with Crippen LogP contribution in [0.1, 0.15) is 23.7 Å². The smallest absolute Gasteiger partial charge is 0.265 e. The minimum absolute atomic E-state index is 0.110. The molecule has 6 nitrogen and oxygen atoms in total. The fourth-order valence-electron chi connectivity index (χ4n) is 1.95. The van der Waals surface area contributed by atoms with E-state index >= 15 is 0 Å². The highest BCUT2D eigenvalue weighted by Crippen LogP contribution is 2.27. The molecule has 0 unspecified atom stereocenters. The number of hydrogen-bond acceptors (Lipinski definition) is 4. The van der Waals surface area contributed by atoms with E-state index < -0.39 is 10.0 Å². The maximum Gasteiger partial charge on any atom is 0.265 e. The Balaban J connectivity index is 2.43. The Morgan fingerprint density at radius 3 is 2.55 bits per heavy atom. The van der Waals surface area contributed by atoms with Crippen LogP contribution in [0.25, 0.3) is 0 Å². The maximum absolute atomic E-state index is 12.4. The SMILES string of the molecule is CCc1cc(NS(=O)(=O)c2c(C)ccc(C)c2N)n[nH]1. The van der Waals surface area contributed by atoms with Gasteiger partial charge in [-0.05, 0) is 31.4 Å². The monoisotopic (exact) mass is 294 g/mol. The summed E-state index contributed by atoms with van der Waals surface area (Å²) in [5, 5.41) is 6.69. The molecule has 20 heavy (non-hydrogen) atoms. The Morgan fingerprint density at radius 2 is 1.95 bits per heavy atom. The van der Waals surface area contributed by atoms with Gasteiger partial charge in [0.15, 0.2) is 5.82 Å². The average Bonchev–Trinajstić information content (AvgIpc) is 2.81. The number of nitrogens with one attached hydrogen (secondary N) is 2. The van der Waals surface area contributed by atoms with Crippen LogP contribution in [0.2, 0.25) is 0 Å². The summed E-state index contributed by atoms with van der Waals surface area (Å²) in [4.78, 5) is 0.110. The van der Waals surface area contributed by atoms with Gasteiger partial charge < -0.3 is 5.73 Å². The van der Waals surface area contributed by atoms with Gasteiger partial charge in [0.05, 0.1) is 5.69 Å². The Bertz CT molecular complexity index is 735. The zero-order valence-electron chi connectivity index (χ0n) is 11.7. The van der Waals surface area contributed by atoms with Gasteiger partial charge in [-0.1, -0.05) is 19.1 Å². The first kappa shape index (κ1) is 14.4. The van der Waals surface area contributed by atoms with Crippen LogP contribution in [0.3, 0.4) is 0 Å². The lowest BCUT2D eigenvalue weighted by molar-refractivity contribution is 0.600. The van der Waals surface area contributed by atoms with Gasteiger partial charge in [-0.25, -0.2) is 8.42 Å². The molecule has 0 bridgehead atoms. The van der Waals surface area contributed by atoms with Crippen LogP contribution in [-0.4, -0.2) is 18.6 Å². The summed E-state index contributed by atoms with van der Waals surface area (Å²) in [6, 6.07) is 5.20. The van der Waals surface area contributed by atoms with E-state index in [-0.39, 0.29) is 16.4 Å². The second-order valence-corrected chi connectivity index (χ2v) is 6.30. The molecule has 0 amide bonds. The number of benzene rings is 1. The summed E-state index contributed by atoms with van der Waals surface area (Å²) in [5.41, 5.74) is 8.37. The van der Waals surface area contributed by atoms with Gasteiger partial charge in [-0.2, -0.15) is 5.10 Å². The predicted molar refractivity (Wildman–Crippen MR) is 79.1 cm³/mol. The van der Waals surface area contributed by atoms with Crippen LogP contribution >= 0.6 is 0 Å². The number of aromatic amines is 1. The van der Waals surface area contributed by atoms with Crippen molar-refractivity contribution in [2.45, 2.75) is 32.1 Å². The molecule has 0 saturated carbocycles. The van der Waals surface area contributed by atoms with E-state index in [0.29, 0.717) is 5.56 Å². The second kappa shape index (κ2) is 5.16. The van der Waals surface area contributed by atoms with Crippen LogP contribution < -0.4 is 10.5 Å². The number of hydrogen-bond donors (Lipinski definition) is 3. The van der Waals surface area contributed by atoms with Crippen LogP contribution in [0.15, 0.2) is 23.1 Å². The Labute approximate surface area is 118 Å². The first-order chi connectivity index (χ1) is 9.35. The molecular weight excluding hydrogens is 276 g/mol. The fraction of sp³-hybridized carbons (Fsp3) is 0.308. The molecule has 108 valence electrons. The van der Waals surface area contributed by atoms with E-state index in [0.717, 1.165) is 17.7 Å². The number of rotatable bonds is 4. The molecule has 2 aromatic rings. The standard InChI is InChI=1S/C13H18N4O2S/c1-4-10-7-11(16-15-10)17-20(18,19)13-9(3)6-5-8(2)12(13)14/h5-7H,4,14H2,1-3H3,(H2,15,16,17). The predicted octanol–water partition coefficient (Wildman–Crippen LogP) is 1.97. The normalized spacial score (nSPS) is 11.6. The van der Waals surface area contributed by atoms with Crippen molar-refractivity contribution in [2.24, 2.45) is 0 Å². The molecule has 0 radical (unpaired) electrons. The third kappa shape index (κ3) is 2.62. The van der Waals surface area contributed by atoms with E-state index in [4.69, 9.17) is 5.73 Å². The second-order valence-electron chi connectivity index (χ2n) is 4.68. The third-order valence-electron chi connectivity index (χ3n) is 3.13. The quantitative estimate of drug-likeness (QED) is 0.750. The van der Waals surface area contributed by atoms with E-state index in [1.165, 1.54) is 0 Å². The summed E-state index contributed by atoms with van der Waals surface area (Å²) < 4.78 is 27.3. The van der Waals surface area contributed by atoms with Crippen molar-refractivity contribution in [2.75, 3.05) is 10.5 Å². The highest BCUT2D eigenvalue weighted by Gasteiger charge is 2.22. The van der Waals surface area contributed by atoms with Crippen molar-refractivity contribution in [3.63, 3.8) is 0 Å². The van der Waals surface area contributed by atoms with Crippen molar-refractivity contribution in [3.8, 4) is 0 Å². The molecular formula is C13H18N4O2S. The Morgan fingerprint density at radius 1 is 1.30 bits per heavy atom. The minimum Gasteiger partial charge on any atom is -0.397 e. The molecule has 0 aliphatic rings. The lowest BCUT2D eigenvalue weighted by Crippen LogP contribution is -2.17. The summed E-state index contributed by atoms with van der Waals surface area (Å²) in [5.74, 6) is 0.266. The zero-order chi connectivity index (χ0) is 14.9. The van der Waals surface area contributed by atoms with Crippen LogP contribution in [0, 0.1) is 13.8 Å². The van der Waals surface area contributed by atoms with Gasteiger partial charge in [0, 0.05) is 11.8 Å². The molecule has 0 aliphatic heterocycles. The van der Waals surface area contributed by atoms with E-state index in [1.807, 2.05) is 6.92 Å².